The first-order chi connectivity index (χ1) is 30.5. The predicted molar refractivity (Wildman–Crippen MR) is 228 cm³/mol. The van der Waals surface area contributed by atoms with Gasteiger partial charge in [-0.15, -0.1) is 0 Å². The van der Waals surface area contributed by atoms with Gasteiger partial charge in [0.25, 0.3) is 0 Å². The summed E-state index contributed by atoms with van der Waals surface area (Å²) >= 11 is 6.15. The van der Waals surface area contributed by atoms with E-state index in [1.807, 2.05) is 0 Å². The summed E-state index contributed by atoms with van der Waals surface area (Å²) in [5.41, 5.74) is -1.14. The summed E-state index contributed by atoms with van der Waals surface area (Å²) in [6.45, 7) is 6.03. The van der Waals surface area contributed by atoms with Crippen molar-refractivity contribution in [3.63, 3.8) is 0 Å². The van der Waals surface area contributed by atoms with Crippen LogP contribution in [-0.2, 0) is 66.6 Å². The number of aromatic nitrogens is 4. The monoisotopic (exact) mass is 938 g/mol. The lowest BCUT2D eigenvalue weighted by Crippen LogP contribution is -2.62. The maximum absolute atomic E-state index is 12.8. The van der Waals surface area contributed by atoms with E-state index in [0.29, 0.717) is 48.0 Å². The maximum Gasteiger partial charge on any atom is 0.338 e. The predicted octanol–water partition coefficient (Wildman–Crippen LogP) is 5.43. The van der Waals surface area contributed by atoms with E-state index >= 15 is 0 Å². The molecule has 0 bridgehead atoms. The number of halogens is 1. The third-order valence-corrected chi connectivity index (χ3v) is 11.3. The zero-order valence-electron chi connectivity index (χ0n) is 35.1. The van der Waals surface area contributed by atoms with Gasteiger partial charge in [0, 0.05) is 34.6 Å². The maximum atomic E-state index is 12.8. The number of hydrogen-bond acceptors (Lipinski definition) is 19. The van der Waals surface area contributed by atoms with Crippen molar-refractivity contribution < 1.29 is 76.2 Å². The van der Waals surface area contributed by atoms with Gasteiger partial charge in [0.05, 0.1) is 17.5 Å². The Bertz CT molecular complexity index is 2440. The minimum atomic E-state index is -1.29. The lowest BCUT2D eigenvalue weighted by Gasteiger charge is -2.47. The van der Waals surface area contributed by atoms with Crippen molar-refractivity contribution in [2.75, 3.05) is 0 Å². The molecular formula is C45H51ClN4O16. The highest BCUT2D eigenvalue weighted by molar-refractivity contribution is 6.33. The van der Waals surface area contributed by atoms with Gasteiger partial charge in [-0.3, -0.25) is 28.5 Å². The number of carbonyl (C=O) groups is 7. The smallest absolute Gasteiger partial charge is 0.338 e. The fourth-order valence-electron chi connectivity index (χ4n) is 8.22. The molecule has 2 saturated carbocycles. The number of nitrogens with zero attached hydrogens (tertiary/aromatic N) is 4. The molecule has 2 saturated heterocycles. The molecule has 66 heavy (non-hydrogen) atoms. The van der Waals surface area contributed by atoms with E-state index in [-0.39, 0.29) is 20.0 Å². The van der Waals surface area contributed by atoms with Crippen molar-refractivity contribution in [1.29, 1.82) is 0 Å². The first-order valence-corrected chi connectivity index (χ1v) is 20.5. The molecule has 4 aromatic rings. The molecule has 0 amide bonds. The first-order valence-electron chi connectivity index (χ1n) is 20.1. The van der Waals surface area contributed by atoms with Gasteiger partial charge < -0.3 is 42.6 Å². The van der Waals surface area contributed by atoms with Crippen LogP contribution in [0, 0.1) is 0 Å². The molecule has 2 aliphatic carbocycles. The molecular weight excluding hydrogens is 888 g/mol. The molecule has 8 rings (SSSR count). The van der Waals surface area contributed by atoms with Gasteiger partial charge >= 0.3 is 41.8 Å². The van der Waals surface area contributed by atoms with Gasteiger partial charge in [-0.1, -0.05) is 62.9 Å². The molecule has 2 spiro atoms. The van der Waals surface area contributed by atoms with Crippen molar-refractivity contribution in [3.8, 4) is 0 Å². The Balaban J connectivity index is 0.000000245. The topological polar surface area (TPSA) is 246 Å². The van der Waals surface area contributed by atoms with Crippen molar-refractivity contribution >= 4 is 64.5 Å². The Morgan fingerprint density at radius 2 is 1.05 bits per heavy atom. The Morgan fingerprint density at radius 1 is 0.591 bits per heavy atom. The number of hydrogen-bond donors (Lipinski definition) is 0. The number of esters is 7. The number of ether oxygens (including phenoxy) is 9. The average Bonchev–Trinajstić information content (AvgIpc) is 3.90. The number of imidazole rings is 1. The SMILES string of the molecule is C.C.CC(=O)OC1[C@H](OC(C)=O)O[C@]2(CC[C@@H]2OC(=O)c2ccccc2)[C@@H]1OC(C)=O.CC(=O)OC1[C@H](n2cnc3c(Cl)ncnc32)O[C@]2(CC[C@@H]2OC(=O)c2ccccc2)[C@@H]1OC(C)=O. The highest BCUT2D eigenvalue weighted by Crippen LogP contribution is 2.54. The largest absolute Gasteiger partial charge is 0.456 e. The molecule has 4 fully saturated rings. The average molecular weight is 939 g/mol. The first kappa shape index (κ1) is 50.5. The minimum Gasteiger partial charge on any atom is -0.456 e. The van der Waals surface area contributed by atoms with Crippen LogP contribution in [0.25, 0.3) is 11.2 Å². The van der Waals surface area contributed by atoms with Gasteiger partial charge in [0.15, 0.2) is 40.9 Å². The van der Waals surface area contributed by atoms with E-state index in [0.717, 1.165) is 0 Å². The number of carbonyl (C=O) groups excluding carboxylic acids is 7. The van der Waals surface area contributed by atoms with Gasteiger partial charge in [0.2, 0.25) is 12.4 Å². The van der Waals surface area contributed by atoms with Crippen LogP contribution in [0.4, 0.5) is 0 Å². The fraction of sp³-hybridized carbons (Fsp3) is 0.467. The molecule has 2 unspecified atom stereocenters. The number of fused-ring (bicyclic) bond motifs is 1. The van der Waals surface area contributed by atoms with Crippen molar-refractivity contribution in [2.45, 2.75) is 135 Å². The highest BCUT2D eigenvalue weighted by atomic mass is 35.5. The Hall–Kier alpha value is -6.51. The summed E-state index contributed by atoms with van der Waals surface area (Å²) in [5, 5.41) is 0.139. The lowest BCUT2D eigenvalue weighted by atomic mass is 9.72. The highest BCUT2D eigenvalue weighted by Gasteiger charge is 2.70. The molecule has 21 heteroatoms. The van der Waals surface area contributed by atoms with Gasteiger partial charge in [-0.05, 0) is 49.9 Å². The molecule has 354 valence electrons. The Kier molecular flexibility index (Phi) is 15.9. The van der Waals surface area contributed by atoms with Crippen LogP contribution in [0.3, 0.4) is 0 Å². The second-order valence-corrected chi connectivity index (χ2v) is 15.7. The van der Waals surface area contributed by atoms with E-state index in [9.17, 15) is 33.6 Å². The molecule has 4 aliphatic rings. The van der Waals surface area contributed by atoms with Crippen molar-refractivity contribution in [1.82, 2.24) is 19.5 Å². The molecule has 2 aliphatic heterocycles. The van der Waals surface area contributed by atoms with E-state index in [1.54, 1.807) is 60.7 Å². The van der Waals surface area contributed by atoms with E-state index in [1.165, 1.54) is 51.8 Å². The summed E-state index contributed by atoms with van der Waals surface area (Å²) in [7, 11) is 0. The van der Waals surface area contributed by atoms with Crippen LogP contribution in [-0.4, -0.2) is 115 Å². The summed E-state index contributed by atoms with van der Waals surface area (Å²) in [6, 6.07) is 16.9. The van der Waals surface area contributed by atoms with Gasteiger partial charge in [-0.25, -0.2) is 24.5 Å². The zero-order chi connectivity index (χ0) is 45.9. The standard InChI is InChI=1S/C23H21ClN4O7.C20H22O9.2CH4/c1-12(29)32-17-18(33-13(2)30)23(9-8-15(23)34-22(31)14-6-4-3-5-7-14)35-21(17)28-11-27-16-19(24)25-10-26-20(16)28;1-11(21)25-16-17(26-12(2)22)20(29-19(16)27-13(3)23)10-9-15(20)28-18(24)14-7-5-4-6-8-14;;/h3-7,10-11,15,17-18,21H,8-9H2,1-2H3;4-8,15-17,19H,9-10H2,1-3H3;2*1H4/t15-,17?,18+,21+,23-;15-,16?,17+,19+,20-;;/m00../s1. The van der Waals surface area contributed by atoms with Crippen LogP contribution in [0.5, 0.6) is 0 Å². The summed E-state index contributed by atoms with van der Waals surface area (Å²) in [4.78, 5) is 96.6. The second-order valence-electron chi connectivity index (χ2n) is 15.3. The molecule has 4 heterocycles. The number of rotatable bonds is 10. The van der Waals surface area contributed by atoms with Crippen LogP contribution in [0.1, 0.15) is 102 Å². The third-order valence-electron chi connectivity index (χ3n) is 11.0. The van der Waals surface area contributed by atoms with Crippen LogP contribution in [0.2, 0.25) is 5.15 Å². The minimum absolute atomic E-state index is 0. The summed E-state index contributed by atoms with van der Waals surface area (Å²) in [5.74, 6) is -4.29. The van der Waals surface area contributed by atoms with E-state index in [2.05, 4.69) is 15.0 Å². The summed E-state index contributed by atoms with van der Waals surface area (Å²) < 4.78 is 52.3. The molecule has 2 aromatic carbocycles. The van der Waals surface area contributed by atoms with Crippen molar-refractivity contribution in [3.05, 3.63) is 89.6 Å². The zero-order valence-corrected chi connectivity index (χ0v) is 35.8. The number of benzene rings is 2. The summed E-state index contributed by atoms with van der Waals surface area (Å²) in [6.07, 6.45) is -3.86. The normalized spacial score (nSPS) is 27.8. The van der Waals surface area contributed by atoms with Crippen molar-refractivity contribution in [2.24, 2.45) is 0 Å². The van der Waals surface area contributed by atoms with Crippen LogP contribution >= 0.6 is 11.6 Å². The molecule has 0 N–H and O–H groups in total. The Labute approximate surface area is 384 Å². The molecule has 20 nitrogen and oxygen atoms in total. The van der Waals surface area contributed by atoms with Crippen LogP contribution < -0.4 is 0 Å². The molecule has 10 atom stereocenters. The molecule has 2 aromatic heterocycles. The van der Waals surface area contributed by atoms with E-state index < -0.39 is 102 Å². The van der Waals surface area contributed by atoms with Gasteiger partial charge in [0.1, 0.15) is 29.7 Å². The third kappa shape index (κ3) is 10.1. The second kappa shape index (κ2) is 20.8. The van der Waals surface area contributed by atoms with E-state index in [4.69, 9.17) is 54.2 Å². The Morgan fingerprint density at radius 3 is 1.50 bits per heavy atom. The lowest BCUT2D eigenvalue weighted by molar-refractivity contribution is -0.246. The van der Waals surface area contributed by atoms with Crippen LogP contribution in [0.15, 0.2) is 73.3 Å². The quantitative estimate of drug-likeness (QED) is 0.109. The molecule has 0 radical (unpaired) electrons. The fourth-order valence-corrected chi connectivity index (χ4v) is 8.40. The van der Waals surface area contributed by atoms with Gasteiger partial charge in [-0.2, -0.15) is 0 Å².